The van der Waals surface area contributed by atoms with E-state index in [4.69, 9.17) is 16.3 Å². The largest absolute Gasteiger partial charge is 0.471 e. The molecule has 3 nitrogen and oxygen atoms in total. The molecule has 1 heterocycles. The number of aromatic nitrogens is 1. The highest BCUT2D eigenvalue weighted by Gasteiger charge is 2.21. The molecule has 2 rings (SSSR count). The van der Waals surface area contributed by atoms with Crippen LogP contribution in [0.15, 0.2) is 12.3 Å². The molecular formula is C14H21ClN2O. The number of nitrogens with one attached hydrogen (secondary N) is 1. The van der Waals surface area contributed by atoms with E-state index in [0.29, 0.717) is 16.9 Å². The van der Waals surface area contributed by atoms with Gasteiger partial charge in [0.15, 0.2) is 0 Å². The zero-order chi connectivity index (χ0) is 13.2. The van der Waals surface area contributed by atoms with Crippen molar-refractivity contribution in [3.8, 4) is 5.88 Å². The highest BCUT2D eigenvalue weighted by Crippen LogP contribution is 2.27. The molecule has 0 atom stereocenters. The van der Waals surface area contributed by atoms with Crippen molar-refractivity contribution in [3.05, 3.63) is 22.8 Å². The summed E-state index contributed by atoms with van der Waals surface area (Å²) in [6.07, 6.45) is 5.32. The van der Waals surface area contributed by atoms with Gasteiger partial charge in [0.1, 0.15) is 10.6 Å². The third-order valence-electron chi connectivity index (χ3n) is 3.26. The molecule has 1 aliphatic carbocycles. The van der Waals surface area contributed by atoms with E-state index in [1.165, 1.54) is 12.8 Å². The van der Waals surface area contributed by atoms with Crippen LogP contribution in [0.4, 0.5) is 0 Å². The van der Waals surface area contributed by atoms with Crippen LogP contribution in [0.2, 0.25) is 5.02 Å². The van der Waals surface area contributed by atoms with Crippen LogP contribution in [-0.4, -0.2) is 16.6 Å². The van der Waals surface area contributed by atoms with Crippen molar-refractivity contribution in [2.45, 2.75) is 58.2 Å². The van der Waals surface area contributed by atoms with Crippen molar-refractivity contribution in [2.75, 3.05) is 0 Å². The van der Waals surface area contributed by atoms with Crippen LogP contribution in [0.1, 0.15) is 45.6 Å². The summed E-state index contributed by atoms with van der Waals surface area (Å²) in [5, 5.41) is 4.03. The lowest BCUT2D eigenvalue weighted by Gasteiger charge is -2.24. The van der Waals surface area contributed by atoms with Crippen LogP contribution < -0.4 is 10.1 Å². The average Bonchev–Trinajstić information content (AvgIpc) is 3.13. The Morgan fingerprint density at radius 1 is 1.50 bits per heavy atom. The van der Waals surface area contributed by atoms with Gasteiger partial charge in [0.05, 0.1) is 0 Å². The topological polar surface area (TPSA) is 34.1 Å². The lowest BCUT2D eigenvalue weighted by atomic mass is 10.1. The fraction of sp³-hybridized carbons (Fsp3) is 0.643. The number of nitrogens with zero attached hydrogens (tertiary/aromatic N) is 1. The number of hydrogen-bond acceptors (Lipinski definition) is 3. The van der Waals surface area contributed by atoms with E-state index in [1.807, 2.05) is 26.1 Å². The first kappa shape index (κ1) is 13.6. The first-order valence-electron chi connectivity index (χ1n) is 6.57. The zero-order valence-electron chi connectivity index (χ0n) is 11.3. The molecule has 0 aromatic carbocycles. The van der Waals surface area contributed by atoms with Gasteiger partial charge in [0, 0.05) is 18.8 Å². The summed E-state index contributed by atoms with van der Waals surface area (Å²) in [6, 6.07) is 2.63. The maximum absolute atomic E-state index is 6.21. The molecule has 0 bridgehead atoms. The summed E-state index contributed by atoms with van der Waals surface area (Å²) in [4.78, 5) is 4.32. The monoisotopic (exact) mass is 268 g/mol. The van der Waals surface area contributed by atoms with E-state index >= 15 is 0 Å². The molecule has 0 radical (unpaired) electrons. The Balaban J connectivity index is 1.99. The molecule has 0 spiro atoms. The Hall–Kier alpha value is -0.800. The molecule has 18 heavy (non-hydrogen) atoms. The molecule has 1 aromatic rings. The predicted molar refractivity (Wildman–Crippen MR) is 74.1 cm³/mol. The summed E-state index contributed by atoms with van der Waals surface area (Å²) >= 11 is 6.21. The maximum Gasteiger partial charge on any atom is 0.233 e. The van der Waals surface area contributed by atoms with Gasteiger partial charge in [-0.15, -0.1) is 0 Å². The zero-order valence-corrected chi connectivity index (χ0v) is 12.0. The summed E-state index contributed by atoms with van der Waals surface area (Å²) < 4.78 is 5.81. The Labute approximate surface area is 114 Å². The second-order valence-electron chi connectivity index (χ2n) is 5.50. The normalized spacial score (nSPS) is 15.8. The Morgan fingerprint density at radius 2 is 2.22 bits per heavy atom. The van der Waals surface area contributed by atoms with E-state index in [1.54, 1.807) is 0 Å². The highest BCUT2D eigenvalue weighted by atomic mass is 35.5. The van der Waals surface area contributed by atoms with Gasteiger partial charge in [-0.1, -0.05) is 18.5 Å². The van der Waals surface area contributed by atoms with E-state index in [2.05, 4.69) is 17.2 Å². The fourth-order valence-corrected chi connectivity index (χ4v) is 1.75. The van der Waals surface area contributed by atoms with Crippen LogP contribution in [0.5, 0.6) is 5.88 Å². The average molecular weight is 269 g/mol. The third kappa shape index (κ3) is 3.85. The Kier molecular flexibility index (Phi) is 4.13. The standard InChI is InChI=1S/C14H21ClN2O/c1-4-14(2,3)18-13-12(15)7-10(9-17-13)8-16-11-5-6-11/h7,9,11,16H,4-6,8H2,1-3H3. The molecule has 1 N–H and O–H groups in total. The third-order valence-corrected chi connectivity index (χ3v) is 3.53. The second-order valence-corrected chi connectivity index (χ2v) is 5.91. The molecule has 1 aliphatic rings. The minimum atomic E-state index is -0.232. The van der Waals surface area contributed by atoms with Crippen molar-refractivity contribution >= 4 is 11.6 Å². The Morgan fingerprint density at radius 3 is 2.78 bits per heavy atom. The molecule has 1 saturated carbocycles. The van der Waals surface area contributed by atoms with E-state index < -0.39 is 0 Å². The molecule has 1 aromatic heterocycles. The van der Waals surface area contributed by atoms with Crippen LogP contribution in [0.25, 0.3) is 0 Å². The van der Waals surface area contributed by atoms with Gasteiger partial charge < -0.3 is 10.1 Å². The van der Waals surface area contributed by atoms with E-state index in [0.717, 1.165) is 18.5 Å². The summed E-state index contributed by atoms with van der Waals surface area (Å²) in [6.45, 7) is 6.98. The van der Waals surface area contributed by atoms with Gasteiger partial charge in [-0.05, 0) is 44.7 Å². The second kappa shape index (κ2) is 5.45. The van der Waals surface area contributed by atoms with Gasteiger partial charge in [-0.2, -0.15) is 0 Å². The first-order chi connectivity index (χ1) is 8.50. The van der Waals surface area contributed by atoms with Gasteiger partial charge in [0.2, 0.25) is 5.88 Å². The molecule has 1 fully saturated rings. The molecule has 0 aliphatic heterocycles. The molecule has 0 amide bonds. The van der Waals surface area contributed by atoms with Crippen LogP contribution in [0, 0.1) is 0 Å². The summed E-state index contributed by atoms with van der Waals surface area (Å²) in [5.41, 5.74) is 0.873. The summed E-state index contributed by atoms with van der Waals surface area (Å²) in [7, 11) is 0. The molecule has 100 valence electrons. The quantitative estimate of drug-likeness (QED) is 0.857. The number of halogens is 1. The van der Waals surface area contributed by atoms with Crippen molar-refractivity contribution in [3.63, 3.8) is 0 Å². The van der Waals surface area contributed by atoms with Gasteiger partial charge >= 0.3 is 0 Å². The van der Waals surface area contributed by atoms with Crippen LogP contribution in [-0.2, 0) is 6.54 Å². The van der Waals surface area contributed by atoms with Crippen molar-refractivity contribution in [1.29, 1.82) is 0 Å². The van der Waals surface area contributed by atoms with Crippen molar-refractivity contribution < 1.29 is 4.74 Å². The number of hydrogen-bond donors (Lipinski definition) is 1. The lowest BCUT2D eigenvalue weighted by molar-refractivity contribution is 0.0991. The van der Waals surface area contributed by atoms with Gasteiger partial charge in [0.25, 0.3) is 0 Å². The smallest absolute Gasteiger partial charge is 0.233 e. The first-order valence-corrected chi connectivity index (χ1v) is 6.95. The van der Waals surface area contributed by atoms with Crippen molar-refractivity contribution in [1.82, 2.24) is 10.3 Å². The van der Waals surface area contributed by atoms with Crippen molar-refractivity contribution in [2.24, 2.45) is 0 Å². The predicted octanol–water partition coefficient (Wildman–Crippen LogP) is 3.55. The SMILES string of the molecule is CCC(C)(C)Oc1ncc(CNC2CC2)cc1Cl. The fourth-order valence-electron chi connectivity index (χ4n) is 1.52. The molecular weight excluding hydrogens is 248 g/mol. The number of rotatable bonds is 6. The van der Waals surface area contributed by atoms with Crippen LogP contribution in [0.3, 0.4) is 0 Å². The van der Waals surface area contributed by atoms with Gasteiger partial charge in [-0.3, -0.25) is 0 Å². The number of pyridine rings is 1. The molecule has 0 unspecified atom stereocenters. The van der Waals surface area contributed by atoms with E-state index in [-0.39, 0.29) is 5.60 Å². The highest BCUT2D eigenvalue weighted by molar-refractivity contribution is 6.31. The minimum Gasteiger partial charge on any atom is -0.471 e. The lowest BCUT2D eigenvalue weighted by Crippen LogP contribution is -2.27. The molecule has 0 saturated heterocycles. The maximum atomic E-state index is 6.21. The minimum absolute atomic E-state index is 0.232. The van der Waals surface area contributed by atoms with Crippen LogP contribution >= 0.6 is 11.6 Å². The van der Waals surface area contributed by atoms with Gasteiger partial charge in [-0.25, -0.2) is 4.98 Å². The summed E-state index contributed by atoms with van der Waals surface area (Å²) in [5.74, 6) is 0.527. The number of ether oxygens (including phenoxy) is 1. The Bertz CT molecular complexity index is 416. The molecule has 4 heteroatoms. The van der Waals surface area contributed by atoms with E-state index in [9.17, 15) is 0 Å².